The molecule has 0 fully saturated rings. The van der Waals surface area contributed by atoms with E-state index in [1.165, 1.54) is 11.3 Å². The van der Waals surface area contributed by atoms with Crippen LogP contribution in [0.4, 0.5) is 10.5 Å². The number of para-hydroxylation sites is 1. The van der Waals surface area contributed by atoms with Gasteiger partial charge in [-0.1, -0.05) is 24.3 Å². The Morgan fingerprint density at radius 2 is 2.08 bits per heavy atom. The van der Waals surface area contributed by atoms with Crippen LogP contribution in [0.5, 0.6) is 0 Å². The number of hydrogen-bond acceptors (Lipinski definition) is 4. The number of fused-ring (bicyclic) bond motifs is 1. The smallest absolute Gasteiger partial charge is 0.319 e. The number of amides is 2. The lowest BCUT2D eigenvalue weighted by Gasteiger charge is -2.18. The highest BCUT2D eigenvalue weighted by Gasteiger charge is 2.15. The lowest BCUT2D eigenvalue weighted by molar-refractivity contribution is 0.158. The highest BCUT2D eigenvalue weighted by molar-refractivity contribution is 7.10. The molecule has 0 aliphatic rings. The van der Waals surface area contributed by atoms with E-state index in [1.54, 1.807) is 6.20 Å². The average molecular weight is 341 g/mol. The molecule has 3 aromatic rings. The third-order valence-electron chi connectivity index (χ3n) is 3.71. The first-order valence-corrected chi connectivity index (χ1v) is 8.64. The Labute approximate surface area is 144 Å². The van der Waals surface area contributed by atoms with Crippen molar-refractivity contribution in [3.63, 3.8) is 0 Å². The number of nitrogens with zero attached hydrogens (tertiary/aromatic N) is 1. The maximum atomic E-state index is 12.2. The van der Waals surface area contributed by atoms with Gasteiger partial charge in [-0.25, -0.2) is 4.79 Å². The van der Waals surface area contributed by atoms with Crippen molar-refractivity contribution in [3.8, 4) is 0 Å². The number of carbonyl (C=O) groups excluding carboxylic acids is 1. The van der Waals surface area contributed by atoms with Gasteiger partial charge >= 0.3 is 6.03 Å². The highest BCUT2D eigenvalue weighted by atomic mass is 32.1. The highest BCUT2D eigenvalue weighted by Crippen LogP contribution is 2.23. The monoisotopic (exact) mass is 341 g/mol. The number of aliphatic hydroxyl groups excluding tert-OH is 1. The maximum absolute atomic E-state index is 12.2. The Balaban J connectivity index is 1.60. The number of aliphatic hydroxyl groups is 1. The molecule has 124 valence electrons. The molecule has 3 rings (SSSR count). The minimum atomic E-state index is -0.570. The standard InChI is InChI=1S/C18H19N3O2S/c1-12(11-15(22)16-8-4-10-24-16)20-18(23)21-14-7-2-5-13-6-3-9-19-17(13)14/h2-10,12,15,22H,11H2,1H3,(H2,20,21,23)/t12-,15-/m1/s1. The van der Waals surface area contributed by atoms with E-state index in [2.05, 4.69) is 15.6 Å². The van der Waals surface area contributed by atoms with Gasteiger partial charge in [0.1, 0.15) is 0 Å². The SMILES string of the molecule is C[C@H](C[C@@H](O)c1cccs1)NC(=O)Nc1cccc2cccnc12. The van der Waals surface area contributed by atoms with Gasteiger partial charge in [0.15, 0.2) is 0 Å². The first-order valence-electron chi connectivity index (χ1n) is 7.76. The number of rotatable bonds is 5. The fourth-order valence-electron chi connectivity index (χ4n) is 2.58. The molecule has 24 heavy (non-hydrogen) atoms. The van der Waals surface area contributed by atoms with Crippen molar-refractivity contribution in [3.05, 3.63) is 58.9 Å². The maximum Gasteiger partial charge on any atom is 0.319 e. The van der Waals surface area contributed by atoms with E-state index < -0.39 is 6.10 Å². The van der Waals surface area contributed by atoms with E-state index in [-0.39, 0.29) is 12.1 Å². The fourth-order valence-corrected chi connectivity index (χ4v) is 3.30. The molecule has 3 N–H and O–H groups in total. The number of pyridine rings is 1. The molecule has 2 heterocycles. The van der Waals surface area contributed by atoms with Crippen LogP contribution < -0.4 is 10.6 Å². The van der Waals surface area contributed by atoms with Crippen molar-refractivity contribution in [1.29, 1.82) is 0 Å². The van der Waals surface area contributed by atoms with Gasteiger partial charge in [0.2, 0.25) is 0 Å². The van der Waals surface area contributed by atoms with Crippen molar-refractivity contribution in [1.82, 2.24) is 10.3 Å². The van der Waals surface area contributed by atoms with Crippen molar-refractivity contribution in [2.24, 2.45) is 0 Å². The van der Waals surface area contributed by atoms with E-state index in [4.69, 9.17) is 0 Å². The molecule has 5 nitrogen and oxygen atoms in total. The summed E-state index contributed by atoms with van der Waals surface area (Å²) in [4.78, 5) is 17.4. The molecule has 2 atom stereocenters. The molecule has 0 saturated carbocycles. The molecule has 0 aliphatic heterocycles. The minimum Gasteiger partial charge on any atom is -0.387 e. The van der Waals surface area contributed by atoms with Crippen molar-refractivity contribution in [2.45, 2.75) is 25.5 Å². The molecule has 2 aromatic heterocycles. The number of anilines is 1. The number of aromatic nitrogens is 1. The van der Waals surface area contributed by atoms with Gasteiger partial charge in [-0.2, -0.15) is 0 Å². The number of carbonyl (C=O) groups is 1. The summed E-state index contributed by atoms with van der Waals surface area (Å²) >= 11 is 1.51. The Morgan fingerprint density at radius 1 is 1.25 bits per heavy atom. The quantitative estimate of drug-likeness (QED) is 0.658. The van der Waals surface area contributed by atoms with Crippen molar-refractivity contribution >= 4 is 34.0 Å². The third kappa shape index (κ3) is 3.90. The van der Waals surface area contributed by atoms with Crippen LogP contribution >= 0.6 is 11.3 Å². The summed E-state index contributed by atoms with van der Waals surface area (Å²) in [5.74, 6) is 0. The number of nitrogens with one attached hydrogen (secondary N) is 2. The Hall–Kier alpha value is -2.44. The first kappa shape index (κ1) is 16.4. The van der Waals surface area contributed by atoms with Gasteiger partial charge in [-0.05, 0) is 36.9 Å². The van der Waals surface area contributed by atoms with Gasteiger partial charge < -0.3 is 15.7 Å². The van der Waals surface area contributed by atoms with Crippen LogP contribution in [0.3, 0.4) is 0 Å². The third-order valence-corrected chi connectivity index (χ3v) is 4.68. The number of benzene rings is 1. The van der Waals surface area contributed by atoms with Crippen LogP contribution in [0.25, 0.3) is 10.9 Å². The lowest BCUT2D eigenvalue weighted by Crippen LogP contribution is -2.37. The summed E-state index contributed by atoms with van der Waals surface area (Å²) in [5, 5.41) is 18.7. The summed E-state index contributed by atoms with van der Waals surface area (Å²) < 4.78 is 0. The van der Waals surface area contributed by atoms with Gasteiger partial charge in [0, 0.05) is 22.5 Å². The van der Waals surface area contributed by atoms with E-state index in [0.29, 0.717) is 12.1 Å². The largest absolute Gasteiger partial charge is 0.387 e. The van der Waals surface area contributed by atoms with E-state index in [9.17, 15) is 9.90 Å². The molecule has 0 unspecified atom stereocenters. The second-order valence-corrected chi connectivity index (χ2v) is 6.63. The van der Waals surface area contributed by atoms with Crippen molar-refractivity contribution < 1.29 is 9.90 Å². The normalized spacial score (nSPS) is 13.4. The molecule has 0 saturated heterocycles. The number of hydrogen-bond donors (Lipinski definition) is 3. The van der Waals surface area contributed by atoms with Crippen LogP contribution in [0.2, 0.25) is 0 Å². The first-order chi connectivity index (χ1) is 11.6. The van der Waals surface area contributed by atoms with Gasteiger partial charge in [-0.3, -0.25) is 4.98 Å². The molecule has 0 spiro atoms. The molecule has 0 bridgehead atoms. The van der Waals surface area contributed by atoms with Gasteiger partial charge in [0.25, 0.3) is 0 Å². The van der Waals surface area contributed by atoms with E-state index in [0.717, 1.165) is 15.8 Å². The second-order valence-electron chi connectivity index (χ2n) is 5.65. The summed E-state index contributed by atoms with van der Waals surface area (Å²) in [6, 6.07) is 12.8. The Morgan fingerprint density at radius 3 is 2.88 bits per heavy atom. The minimum absolute atomic E-state index is 0.162. The molecule has 1 aromatic carbocycles. The zero-order chi connectivity index (χ0) is 16.9. The summed E-state index contributed by atoms with van der Waals surface area (Å²) in [5.41, 5.74) is 1.41. The molecule has 2 amide bonds. The van der Waals surface area contributed by atoms with Gasteiger partial charge in [0.05, 0.1) is 17.3 Å². The summed E-state index contributed by atoms with van der Waals surface area (Å²) in [6.07, 6.45) is 1.59. The molecule has 0 radical (unpaired) electrons. The van der Waals surface area contributed by atoms with Crippen LogP contribution in [-0.4, -0.2) is 22.2 Å². The zero-order valence-corrected chi connectivity index (χ0v) is 14.1. The topological polar surface area (TPSA) is 74.2 Å². The van der Waals surface area contributed by atoms with E-state index in [1.807, 2.05) is 54.8 Å². The Kier molecular flexibility index (Phi) is 5.08. The predicted molar refractivity (Wildman–Crippen MR) is 97.3 cm³/mol. The van der Waals surface area contributed by atoms with E-state index >= 15 is 0 Å². The van der Waals surface area contributed by atoms with Gasteiger partial charge in [-0.15, -0.1) is 11.3 Å². The summed E-state index contributed by atoms with van der Waals surface area (Å²) in [6.45, 7) is 1.87. The van der Waals surface area contributed by atoms with Crippen molar-refractivity contribution in [2.75, 3.05) is 5.32 Å². The molecule has 0 aliphatic carbocycles. The lowest BCUT2D eigenvalue weighted by atomic mass is 10.1. The second kappa shape index (κ2) is 7.42. The van der Waals surface area contributed by atoms with Crippen LogP contribution in [0, 0.1) is 0 Å². The average Bonchev–Trinajstić information content (AvgIpc) is 3.09. The Bertz CT molecular complexity index is 815. The fraction of sp³-hybridized carbons (Fsp3) is 0.222. The van der Waals surface area contributed by atoms with Crippen LogP contribution in [0.1, 0.15) is 24.3 Å². The van der Waals surface area contributed by atoms with Crippen LogP contribution in [0.15, 0.2) is 54.0 Å². The predicted octanol–water partition coefficient (Wildman–Crippen LogP) is 3.93. The zero-order valence-electron chi connectivity index (χ0n) is 13.3. The van der Waals surface area contributed by atoms with Crippen LogP contribution in [-0.2, 0) is 0 Å². The number of urea groups is 1. The molecule has 6 heteroatoms. The molecular weight excluding hydrogens is 322 g/mol. The molecular formula is C18H19N3O2S. The summed E-state index contributed by atoms with van der Waals surface area (Å²) in [7, 11) is 0. The number of thiophene rings is 1.